The Morgan fingerprint density at radius 2 is 1.84 bits per heavy atom. The third kappa shape index (κ3) is 4.95. The fraction of sp³-hybridized carbons (Fsp3) is 0.385. The van der Waals surface area contributed by atoms with Crippen LogP contribution in [-0.4, -0.2) is 56.1 Å². The fourth-order valence-corrected chi connectivity index (χ4v) is 7.10. The van der Waals surface area contributed by atoms with Gasteiger partial charge in [-0.05, 0) is 56.5 Å². The van der Waals surface area contributed by atoms with Crippen molar-refractivity contribution in [3.05, 3.63) is 58.9 Å². The first-order valence-electron chi connectivity index (χ1n) is 12.8. The maximum absolute atomic E-state index is 13.1. The van der Waals surface area contributed by atoms with E-state index in [9.17, 15) is 18.0 Å². The number of aromatic nitrogens is 4. The summed E-state index contributed by atoms with van der Waals surface area (Å²) in [5, 5.41) is 11.9. The van der Waals surface area contributed by atoms with Gasteiger partial charge in [0.25, 0.3) is 5.56 Å². The van der Waals surface area contributed by atoms with Gasteiger partial charge < -0.3 is 5.32 Å². The zero-order chi connectivity index (χ0) is 26.9. The predicted octanol–water partition coefficient (Wildman–Crippen LogP) is 3.75. The second-order valence-electron chi connectivity index (χ2n) is 9.33. The summed E-state index contributed by atoms with van der Waals surface area (Å²) in [6.07, 6.45) is 3.50. The van der Waals surface area contributed by atoms with Gasteiger partial charge in [-0.1, -0.05) is 43.3 Å². The van der Waals surface area contributed by atoms with Crippen molar-refractivity contribution in [2.45, 2.75) is 61.4 Å². The molecule has 0 bridgehead atoms. The molecule has 1 aliphatic heterocycles. The summed E-state index contributed by atoms with van der Waals surface area (Å²) in [7, 11) is -3.61. The number of benzene rings is 2. The third-order valence-corrected chi connectivity index (χ3v) is 9.57. The molecule has 38 heavy (non-hydrogen) atoms. The molecule has 0 aliphatic carbocycles. The van der Waals surface area contributed by atoms with E-state index in [1.54, 1.807) is 35.8 Å². The van der Waals surface area contributed by atoms with Crippen LogP contribution in [0.4, 0.5) is 5.69 Å². The first kappa shape index (κ1) is 26.4. The van der Waals surface area contributed by atoms with Crippen LogP contribution in [0, 0.1) is 0 Å². The topological polar surface area (TPSA) is 119 Å². The van der Waals surface area contributed by atoms with E-state index in [-0.39, 0.29) is 16.4 Å². The van der Waals surface area contributed by atoms with E-state index >= 15 is 0 Å². The van der Waals surface area contributed by atoms with Crippen LogP contribution in [0.2, 0.25) is 0 Å². The Morgan fingerprint density at radius 1 is 1.08 bits per heavy atom. The van der Waals surface area contributed by atoms with Gasteiger partial charge in [-0.3, -0.25) is 18.6 Å². The van der Waals surface area contributed by atoms with Crippen molar-refractivity contribution in [1.82, 2.24) is 23.5 Å². The molecule has 4 aromatic rings. The molecule has 1 saturated heterocycles. The number of aryl methyl sites for hydroxylation is 1. The molecule has 0 spiro atoms. The van der Waals surface area contributed by atoms with Crippen LogP contribution in [0.5, 0.6) is 0 Å². The second-order valence-corrected chi connectivity index (χ2v) is 12.6. The number of piperidine rings is 1. The third-order valence-electron chi connectivity index (χ3n) is 6.63. The lowest BCUT2D eigenvalue weighted by Crippen LogP contribution is -2.35. The monoisotopic (exact) mass is 554 g/mol. The van der Waals surface area contributed by atoms with Gasteiger partial charge in [-0.15, -0.1) is 10.2 Å². The summed E-state index contributed by atoms with van der Waals surface area (Å²) in [4.78, 5) is 26.3. The van der Waals surface area contributed by atoms with Gasteiger partial charge in [0, 0.05) is 25.3 Å². The first-order valence-corrected chi connectivity index (χ1v) is 15.1. The number of carbonyl (C=O) groups is 1. The molecule has 5 rings (SSSR count). The molecule has 12 heteroatoms. The van der Waals surface area contributed by atoms with Gasteiger partial charge in [0.2, 0.25) is 21.7 Å². The molecule has 0 radical (unpaired) electrons. The van der Waals surface area contributed by atoms with Crippen molar-refractivity contribution in [1.29, 1.82) is 0 Å². The second kappa shape index (κ2) is 10.9. The SMILES string of the molecule is CCCn1c(=O)c2ccccc2n2c(S[C@@H](C)C(=O)Nc3cccc(S(=O)(=O)N4CCCCC4)c3)nnc12. The summed E-state index contributed by atoms with van der Waals surface area (Å²) in [5.41, 5.74) is 0.966. The Labute approximate surface area is 225 Å². The lowest BCUT2D eigenvalue weighted by atomic mass is 10.2. The van der Waals surface area contributed by atoms with E-state index < -0.39 is 15.3 Å². The lowest BCUT2D eigenvalue weighted by Gasteiger charge is -2.26. The van der Waals surface area contributed by atoms with E-state index in [0.717, 1.165) is 25.7 Å². The molecule has 0 saturated carbocycles. The maximum Gasteiger partial charge on any atom is 0.262 e. The smallest absolute Gasteiger partial charge is 0.262 e. The number of anilines is 1. The molecule has 200 valence electrons. The number of thioether (sulfide) groups is 1. The Hall–Kier alpha value is -3.22. The van der Waals surface area contributed by atoms with E-state index in [0.29, 0.717) is 47.2 Å². The first-order chi connectivity index (χ1) is 18.3. The summed E-state index contributed by atoms with van der Waals surface area (Å²) in [6, 6.07) is 13.7. The highest BCUT2D eigenvalue weighted by Gasteiger charge is 2.27. The molecular formula is C26H30N6O4S2. The molecule has 1 aliphatic rings. The van der Waals surface area contributed by atoms with Crippen molar-refractivity contribution in [3.8, 4) is 0 Å². The number of carbonyl (C=O) groups excluding carboxylic acids is 1. The number of nitrogens with zero attached hydrogens (tertiary/aromatic N) is 5. The highest BCUT2D eigenvalue weighted by atomic mass is 32.2. The van der Waals surface area contributed by atoms with Crippen LogP contribution in [0.15, 0.2) is 63.4 Å². The van der Waals surface area contributed by atoms with Crippen LogP contribution >= 0.6 is 11.8 Å². The number of sulfonamides is 1. The van der Waals surface area contributed by atoms with E-state index in [4.69, 9.17) is 0 Å². The van der Waals surface area contributed by atoms with Crippen molar-refractivity contribution in [3.63, 3.8) is 0 Å². The molecule has 10 nitrogen and oxygen atoms in total. The minimum atomic E-state index is -3.61. The van der Waals surface area contributed by atoms with Gasteiger partial charge in [-0.2, -0.15) is 4.31 Å². The Kier molecular flexibility index (Phi) is 7.55. The minimum absolute atomic E-state index is 0.121. The summed E-state index contributed by atoms with van der Waals surface area (Å²) >= 11 is 1.22. The number of hydrogen-bond acceptors (Lipinski definition) is 7. The molecule has 1 amide bonds. The minimum Gasteiger partial charge on any atom is -0.325 e. The number of rotatable bonds is 8. The molecule has 2 aromatic carbocycles. The summed E-state index contributed by atoms with van der Waals surface area (Å²) < 4.78 is 31.1. The average molecular weight is 555 g/mol. The van der Waals surface area contributed by atoms with Crippen molar-refractivity contribution in [2.75, 3.05) is 18.4 Å². The predicted molar refractivity (Wildman–Crippen MR) is 148 cm³/mol. The maximum atomic E-state index is 13.1. The average Bonchev–Trinajstić information content (AvgIpc) is 3.35. The van der Waals surface area contributed by atoms with Gasteiger partial charge in [0.15, 0.2) is 5.16 Å². The Bertz CT molecular complexity index is 1660. The largest absolute Gasteiger partial charge is 0.325 e. The zero-order valence-electron chi connectivity index (χ0n) is 21.3. The van der Waals surface area contributed by atoms with Crippen LogP contribution < -0.4 is 10.9 Å². The zero-order valence-corrected chi connectivity index (χ0v) is 23.0. The van der Waals surface area contributed by atoms with E-state index in [2.05, 4.69) is 15.5 Å². The lowest BCUT2D eigenvalue weighted by molar-refractivity contribution is -0.115. The number of hydrogen-bond donors (Lipinski definition) is 1. The fourth-order valence-electron chi connectivity index (χ4n) is 4.68. The quantitative estimate of drug-likeness (QED) is 0.330. The van der Waals surface area contributed by atoms with Crippen LogP contribution in [-0.2, 0) is 21.4 Å². The van der Waals surface area contributed by atoms with Gasteiger partial charge in [-0.25, -0.2) is 8.42 Å². The van der Waals surface area contributed by atoms with Crippen LogP contribution in [0.3, 0.4) is 0 Å². The van der Waals surface area contributed by atoms with Gasteiger partial charge in [0.05, 0.1) is 21.0 Å². The molecule has 2 aromatic heterocycles. The number of amides is 1. The molecule has 1 N–H and O–H groups in total. The van der Waals surface area contributed by atoms with Gasteiger partial charge >= 0.3 is 0 Å². The summed E-state index contributed by atoms with van der Waals surface area (Å²) in [6.45, 7) is 5.27. The Morgan fingerprint density at radius 3 is 2.61 bits per heavy atom. The van der Waals surface area contributed by atoms with E-state index in [1.807, 2.05) is 29.5 Å². The normalized spacial score (nSPS) is 15.6. The molecule has 1 fully saturated rings. The molecule has 0 unspecified atom stereocenters. The van der Waals surface area contributed by atoms with Gasteiger partial charge in [0.1, 0.15) is 0 Å². The molecular weight excluding hydrogens is 524 g/mol. The van der Waals surface area contributed by atoms with Crippen LogP contribution in [0.1, 0.15) is 39.5 Å². The van der Waals surface area contributed by atoms with Crippen LogP contribution in [0.25, 0.3) is 16.7 Å². The number of fused-ring (bicyclic) bond motifs is 3. The number of para-hydroxylation sites is 1. The molecule has 1 atom stereocenters. The van der Waals surface area contributed by atoms with Crippen molar-refractivity contribution in [2.24, 2.45) is 0 Å². The van der Waals surface area contributed by atoms with Crippen molar-refractivity contribution < 1.29 is 13.2 Å². The number of nitrogens with one attached hydrogen (secondary N) is 1. The van der Waals surface area contributed by atoms with Crippen molar-refractivity contribution >= 4 is 50.1 Å². The van der Waals surface area contributed by atoms with E-state index in [1.165, 1.54) is 22.1 Å². The highest BCUT2D eigenvalue weighted by Crippen LogP contribution is 2.27. The standard InChI is InChI=1S/C26H30N6O4S2/c1-3-14-31-24(34)21-12-5-6-13-22(21)32-25(31)28-29-26(32)37-18(2)23(33)27-19-10-9-11-20(17-19)38(35,36)30-15-7-4-8-16-30/h5-6,9-13,17-18H,3-4,7-8,14-16H2,1-2H3,(H,27,33)/t18-/m0/s1. The highest BCUT2D eigenvalue weighted by molar-refractivity contribution is 8.00. The molecule has 3 heterocycles. The Balaban J connectivity index is 1.39. The summed E-state index contributed by atoms with van der Waals surface area (Å²) in [5.74, 6) is 0.131.